The Morgan fingerprint density at radius 1 is 0.716 bits per heavy atom. The first-order valence-corrected chi connectivity index (χ1v) is 24.9. The molecule has 5 rings (SSSR count). The second-order valence-corrected chi connectivity index (χ2v) is 19.3. The Hall–Kier alpha value is -7.70. The molecule has 2 aliphatic rings. The molecule has 19 heteroatoms. The van der Waals surface area contributed by atoms with E-state index in [-0.39, 0.29) is 64.9 Å². The summed E-state index contributed by atoms with van der Waals surface area (Å²) in [4.78, 5) is 143. The molecule has 1 saturated heterocycles. The van der Waals surface area contributed by atoms with Gasteiger partial charge in [-0.3, -0.25) is 38.4 Å². The van der Waals surface area contributed by atoms with Gasteiger partial charge >= 0.3 is 11.9 Å². The summed E-state index contributed by atoms with van der Waals surface area (Å²) in [5.74, 6) is -6.48. The number of piperidine rings is 1. The van der Waals surface area contributed by atoms with Gasteiger partial charge in [0.2, 0.25) is 41.2 Å². The highest BCUT2D eigenvalue weighted by Crippen LogP contribution is 2.26. The zero-order valence-electron chi connectivity index (χ0n) is 43.2. The largest absolute Gasteiger partial charge is 0.461 e. The molecule has 0 saturated carbocycles. The van der Waals surface area contributed by atoms with E-state index < -0.39 is 95.8 Å². The predicted molar refractivity (Wildman–Crippen MR) is 273 cm³/mol. The summed E-state index contributed by atoms with van der Waals surface area (Å²) in [5, 5.41) is 5.53. The normalized spacial score (nSPS) is 22.1. The number of ether oxygens (including phenoxy) is 2. The fourth-order valence-electron chi connectivity index (χ4n) is 8.41. The van der Waals surface area contributed by atoms with Gasteiger partial charge in [-0.25, -0.2) is 9.59 Å². The van der Waals surface area contributed by atoms with Crippen molar-refractivity contribution in [3.63, 3.8) is 0 Å². The van der Waals surface area contributed by atoms with Crippen LogP contribution in [-0.4, -0.2) is 156 Å². The zero-order chi connectivity index (χ0) is 54.0. The number of amides is 7. The lowest BCUT2D eigenvalue weighted by Crippen LogP contribution is -2.55. The Balaban J connectivity index is 1.40. The van der Waals surface area contributed by atoms with Crippen LogP contribution in [0.15, 0.2) is 97.1 Å². The number of anilines is 1. The van der Waals surface area contributed by atoms with Gasteiger partial charge in [-0.05, 0) is 74.8 Å². The first kappa shape index (κ1) is 57.2. The van der Waals surface area contributed by atoms with Gasteiger partial charge < -0.3 is 44.6 Å². The molecule has 74 heavy (non-hydrogen) atoms. The maximum Gasteiger partial charge on any atom is 0.330 e. The lowest BCUT2D eigenvalue weighted by atomic mass is 9.87. The van der Waals surface area contributed by atoms with Crippen LogP contribution in [0, 0.1) is 5.41 Å². The molecule has 3 aromatic carbocycles. The van der Waals surface area contributed by atoms with Gasteiger partial charge in [-0.2, -0.15) is 0 Å². The van der Waals surface area contributed by atoms with E-state index >= 15 is 0 Å². The first-order chi connectivity index (χ1) is 35.3. The SMILES string of the molecule is CCCN1CC(=O)N(C)CC(=O)N(C)CC/C=C/C(=O)OCC(C)(C)C(=O)C(=O)N2CCCCC2C(=O)OCc2cccc(c2)NC(=O)CCC(=O)N[C@@H](c2ccccc2)C(=O)N(C)[C@@H](Cc2ccccc2)C1=O. The van der Waals surface area contributed by atoms with Crippen LogP contribution in [0.5, 0.6) is 0 Å². The predicted octanol–water partition coefficient (Wildman–Crippen LogP) is 4.01. The van der Waals surface area contributed by atoms with Gasteiger partial charge in [0, 0.05) is 71.8 Å². The number of Topliss-reactive ketones (excluding diaryl/α,β-unsaturated/α-hetero) is 1. The summed E-state index contributed by atoms with van der Waals surface area (Å²) >= 11 is 0. The molecular weight excluding hydrogens is 951 g/mol. The number of ketones is 1. The summed E-state index contributed by atoms with van der Waals surface area (Å²) in [6, 6.07) is 20.6. The Labute approximate surface area is 432 Å². The van der Waals surface area contributed by atoms with E-state index in [9.17, 15) is 47.9 Å². The number of fused-ring (bicyclic) bond motifs is 3. The number of esters is 2. The van der Waals surface area contributed by atoms with Crippen LogP contribution in [0.1, 0.15) is 88.4 Å². The van der Waals surface area contributed by atoms with Crippen molar-refractivity contribution in [2.24, 2.45) is 5.41 Å². The summed E-state index contributed by atoms with van der Waals surface area (Å²) in [6.45, 7) is 3.86. The van der Waals surface area contributed by atoms with Crippen molar-refractivity contribution in [3.8, 4) is 0 Å². The van der Waals surface area contributed by atoms with Crippen LogP contribution in [0.3, 0.4) is 0 Å². The molecule has 2 aliphatic heterocycles. The van der Waals surface area contributed by atoms with Crippen molar-refractivity contribution < 1.29 is 57.4 Å². The lowest BCUT2D eigenvalue weighted by molar-refractivity contribution is -0.162. The van der Waals surface area contributed by atoms with Crippen LogP contribution < -0.4 is 10.6 Å². The third-order valence-corrected chi connectivity index (χ3v) is 12.9. The molecule has 2 bridgehead atoms. The quantitative estimate of drug-likeness (QED) is 0.273. The molecule has 7 amide bonds. The molecule has 0 radical (unpaired) electrons. The molecule has 0 spiro atoms. The number of hydrogen-bond acceptors (Lipinski definition) is 12. The molecule has 3 aromatic rings. The van der Waals surface area contributed by atoms with Crippen LogP contribution in [0.2, 0.25) is 0 Å². The molecule has 0 aromatic heterocycles. The van der Waals surface area contributed by atoms with E-state index in [0.29, 0.717) is 36.1 Å². The maximum atomic E-state index is 14.7. The van der Waals surface area contributed by atoms with E-state index in [1.54, 1.807) is 66.7 Å². The average molecular weight is 1020 g/mol. The Morgan fingerprint density at radius 2 is 1.39 bits per heavy atom. The average Bonchev–Trinajstić information content (AvgIpc) is 3.40. The standard InChI is InChI=1S/C55H69N7O12/c1-7-29-61-35-47(66)59(5)34-46(65)58(4)30-16-15-26-48(67)74-37-55(2,3)50(68)53(71)62-31-17-14-25-42(62)54(72)73-36-39-21-18-24-41(32-39)56-44(63)27-28-45(64)57-49(40-22-12-9-13-23-40)52(70)60(6)43(51(61)69)33-38-19-10-8-11-20-38/h8-13,15,18-24,26,32,42-43,49H,7,14,16-17,25,27-31,33-37H2,1-6H3,(H,56,63)(H,57,64)/b26-15+/t42?,43-,49-/m0/s1. The summed E-state index contributed by atoms with van der Waals surface area (Å²) in [6.07, 6.45) is 4.25. The molecule has 2 heterocycles. The minimum absolute atomic E-state index is 0.0681. The molecule has 1 fully saturated rings. The topological polar surface area (TPSA) is 229 Å². The summed E-state index contributed by atoms with van der Waals surface area (Å²) in [5.41, 5.74) is 0.573. The van der Waals surface area contributed by atoms with E-state index in [0.717, 1.165) is 11.6 Å². The van der Waals surface area contributed by atoms with Gasteiger partial charge in [-0.15, -0.1) is 0 Å². The molecule has 2 N–H and O–H groups in total. The minimum Gasteiger partial charge on any atom is -0.461 e. The number of benzene rings is 3. The zero-order valence-corrected chi connectivity index (χ0v) is 43.2. The molecule has 396 valence electrons. The second-order valence-electron chi connectivity index (χ2n) is 19.3. The molecule has 0 aliphatic carbocycles. The number of nitrogens with one attached hydrogen (secondary N) is 2. The monoisotopic (exact) mass is 1020 g/mol. The Kier molecular flexibility index (Phi) is 21.2. The van der Waals surface area contributed by atoms with Gasteiger partial charge in [0.05, 0.1) is 18.5 Å². The Bertz CT molecular complexity index is 2530. The highest BCUT2D eigenvalue weighted by atomic mass is 16.5. The minimum atomic E-state index is -1.45. The van der Waals surface area contributed by atoms with Crippen molar-refractivity contribution in [1.82, 2.24) is 29.8 Å². The number of cyclic esters (lactones) is 2. The van der Waals surface area contributed by atoms with E-state index in [1.165, 1.54) is 65.6 Å². The van der Waals surface area contributed by atoms with Gasteiger partial charge in [0.1, 0.15) is 31.3 Å². The molecule has 1 unspecified atom stereocenters. The smallest absolute Gasteiger partial charge is 0.330 e. The third-order valence-electron chi connectivity index (χ3n) is 12.9. The number of rotatable bonds is 5. The van der Waals surface area contributed by atoms with Crippen molar-refractivity contribution in [3.05, 3.63) is 114 Å². The van der Waals surface area contributed by atoms with Crippen LogP contribution in [0.4, 0.5) is 5.69 Å². The van der Waals surface area contributed by atoms with Crippen molar-refractivity contribution in [2.75, 3.05) is 65.8 Å². The van der Waals surface area contributed by atoms with Crippen molar-refractivity contribution >= 4 is 64.8 Å². The number of nitrogens with zero attached hydrogens (tertiary/aromatic N) is 5. The van der Waals surface area contributed by atoms with Gasteiger partial charge in [-0.1, -0.05) is 85.8 Å². The lowest BCUT2D eigenvalue weighted by Gasteiger charge is -2.35. The number of hydrogen-bond donors (Lipinski definition) is 2. The fourth-order valence-corrected chi connectivity index (χ4v) is 8.41. The van der Waals surface area contributed by atoms with Crippen LogP contribution in [-0.2, 0) is 70.4 Å². The van der Waals surface area contributed by atoms with Crippen LogP contribution in [0.25, 0.3) is 0 Å². The Morgan fingerprint density at radius 3 is 2.09 bits per heavy atom. The number of carbonyl (C=O) groups is 10. The van der Waals surface area contributed by atoms with Gasteiger partial charge in [0.25, 0.3) is 5.91 Å². The van der Waals surface area contributed by atoms with Crippen molar-refractivity contribution in [2.45, 2.75) is 96.9 Å². The van der Waals surface area contributed by atoms with Crippen molar-refractivity contribution in [1.29, 1.82) is 0 Å². The molecular formula is C55H69N7O12. The first-order valence-electron chi connectivity index (χ1n) is 24.9. The highest BCUT2D eigenvalue weighted by Gasteiger charge is 2.42. The fraction of sp³-hybridized carbons (Fsp3) is 0.455. The van der Waals surface area contributed by atoms with E-state index in [1.807, 2.05) is 25.1 Å². The van der Waals surface area contributed by atoms with Crippen LogP contribution >= 0.6 is 0 Å². The molecule has 3 atom stereocenters. The second kappa shape index (κ2) is 27.4. The third kappa shape index (κ3) is 16.4. The van der Waals surface area contributed by atoms with E-state index in [2.05, 4.69) is 10.6 Å². The summed E-state index contributed by atoms with van der Waals surface area (Å²) in [7, 11) is 4.45. The van der Waals surface area contributed by atoms with Gasteiger partial charge in [0.15, 0.2) is 0 Å². The number of likely N-dealkylation sites (N-methyl/N-ethyl adjacent to an activating group) is 3. The maximum absolute atomic E-state index is 14.7. The highest BCUT2D eigenvalue weighted by molar-refractivity contribution is 6.38. The summed E-state index contributed by atoms with van der Waals surface area (Å²) < 4.78 is 11.0. The molecule has 19 nitrogen and oxygen atoms in total. The van der Waals surface area contributed by atoms with E-state index in [4.69, 9.17) is 9.47 Å². The number of carbonyl (C=O) groups excluding carboxylic acids is 10.